The quantitative estimate of drug-likeness (QED) is 0.782. The SMILES string of the molecule is CCCc1c(NC)ncnc1N(C)CC(C)O. The summed E-state index contributed by atoms with van der Waals surface area (Å²) in [7, 11) is 3.80. The molecule has 2 N–H and O–H groups in total. The number of likely N-dealkylation sites (N-methyl/N-ethyl adjacent to an activating group) is 1. The molecular formula is C12H22N4O. The first-order chi connectivity index (χ1) is 8.10. The zero-order valence-electron chi connectivity index (χ0n) is 11.1. The summed E-state index contributed by atoms with van der Waals surface area (Å²) >= 11 is 0. The highest BCUT2D eigenvalue weighted by Crippen LogP contribution is 2.23. The first-order valence-corrected chi connectivity index (χ1v) is 6.01. The van der Waals surface area contributed by atoms with Gasteiger partial charge in [-0.25, -0.2) is 9.97 Å². The van der Waals surface area contributed by atoms with Crippen molar-refractivity contribution < 1.29 is 5.11 Å². The van der Waals surface area contributed by atoms with Gasteiger partial charge in [-0.1, -0.05) is 13.3 Å². The number of hydrogen-bond donors (Lipinski definition) is 2. The number of aliphatic hydroxyl groups excluding tert-OH is 1. The third-order valence-corrected chi connectivity index (χ3v) is 2.56. The Hall–Kier alpha value is -1.36. The molecule has 96 valence electrons. The maximum atomic E-state index is 9.43. The summed E-state index contributed by atoms with van der Waals surface area (Å²) in [4.78, 5) is 10.5. The van der Waals surface area contributed by atoms with Crippen LogP contribution >= 0.6 is 0 Å². The monoisotopic (exact) mass is 238 g/mol. The molecule has 1 heterocycles. The lowest BCUT2D eigenvalue weighted by atomic mass is 10.1. The maximum Gasteiger partial charge on any atom is 0.137 e. The van der Waals surface area contributed by atoms with Crippen molar-refractivity contribution in [3.05, 3.63) is 11.9 Å². The summed E-state index contributed by atoms with van der Waals surface area (Å²) in [6, 6.07) is 0. The standard InChI is InChI=1S/C12H22N4O/c1-5-6-10-11(13-3)14-8-15-12(10)16(4)7-9(2)17/h8-9,17H,5-7H2,1-4H3,(H,13,14,15). The van der Waals surface area contributed by atoms with Crippen LogP contribution in [0.3, 0.4) is 0 Å². The van der Waals surface area contributed by atoms with Gasteiger partial charge in [-0.15, -0.1) is 0 Å². The van der Waals surface area contributed by atoms with Crippen molar-refractivity contribution in [2.45, 2.75) is 32.8 Å². The molecular weight excluding hydrogens is 216 g/mol. The third-order valence-electron chi connectivity index (χ3n) is 2.56. The number of anilines is 2. The molecule has 0 bridgehead atoms. The Bertz CT molecular complexity index is 354. The maximum absolute atomic E-state index is 9.43. The topological polar surface area (TPSA) is 61.3 Å². The molecule has 0 saturated carbocycles. The summed E-state index contributed by atoms with van der Waals surface area (Å²) in [5, 5.41) is 12.5. The minimum Gasteiger partial charge on any atom is -0.392 e. The van der Waals surface area contributed by atoms with E-state index in [0.29, 0.717) is 6.54 Å². The molecule has 0 aliphatic rings. The van der Waals surface area contributed by atoms with Gasteiger partial charge >= 0.3 is 0 Å². The van der Waals surface area contributed by atoms with Gasteiger partial charge in [0.25, 0.3) is 0 Å². The van der Waals surface area contributed by atoms with E-state index in [-0.39, 0.29) is 6.10 Å². The highest BCUT2D eigenvalue weighted by Gasteiger charge is 2.14. The molecule has 5 nitrogen and oxygen atoms in total. The molecule has 0 amide bonds. The fourth-order valence-electron chi connectivity index (χ4n) is 1.91. The van der Waals surface area contributed by atoms with Crippen LogP contribution in [0, 0.1) is 0 Å². The van der Waals surface area contributed by atoms with E-state index in [0.717, 1.165) is 30.0 Å². The van der Waals surface area contributed by atoms with Gasteiger partial charge in [0.05, 0.1) is 6.10 Å². The smallest absolute Gasteiger partial charge is 0.137 e. The molecule has 1 aromatic heterocycles. The second-order valence-electron chi connectivity index (χ2n) is 4.25. The lowest BCUT2D eigenvalue weighted by Crippen LogP contribution is -2.29. The molecule has 0 spiro atoms. The average Bonchev–Trinajstić information content (AvgIpc) is 2.28. The molecule has 0 aromatic carbocycles. The van der Waals surface area contributed by atoms with Crippen molar-refractivity contribution >= 4 is 11.6 Å². The highest BCUT2D eigenvalue weighted by atomic mass is 16.3. The zero-order chi connectivity index (χ0) is 12.8. The molecule has 1 aromatic rings. The Labute approximate surface area is 103 Å². The predicted octanol–water partition coefficient (Wildman–Crippen LogP) is 1.29. The highest BCUT2D eigenvalue weighted by molar-refractivity contribution is 5.58. The van der Waals surface area contributed by atoms with E-state index in [9.17, 15) is 5.11 Å². The summed E-state index contributed by atoms with van der Waals surface area (Å²) in [6.45, 7) is 4.47. The molecule has 0 aliphatic heterocycles. The van der Waals surface area contributed by atoms with Crippen LogP contribution in [0.15, 0.2) is 6.33 Å². The van der Waals surface area contributed by atoms with Crippen LogP contribution in [0.25, 0.3) is 0 Å². The first-order valence-electron chi connectivity index (χ1n) is 6.01. The molecule has 1 unspecified atom stereocenters. The second kappa shape index (κ2) is 6.39. The second-order valence-corrected chi connectivity index (χ2v) is 4.25. The van der Waals surface area contributed by atoms with Gasteiger partial charge in [-0.2, -0.15) is 0 Å². The largest absolute Gasteiger partial charge is 0.392 e. The Morgan fingerprint density at radius 2 is 2.18 bits per heavy atom. The molecule has 1 rings (SSSR count). The van der Waals surface area contributed by atoms with E-state index >= 15 is 0 Å². The van der Waals surface area contributed by atoms with Crippen LogP contribution in [-0.2, 0) is 6.42 Å². The molecule has 0 aliphatic carbocycles. The van der Waals surface area contributed by atoms with E-state index in [1.165, 1.54) is 0 Å². The van der Waals surface area contributed by atoms with E-state index in [1.54, 1.807) is 13.3 Å². The summed E-state index contributed by atoms with van der Waals surface area (Å²) in [5.41, 5.74) is 1.11. The molecule has 0 saturated heterocycles. The minimum absolute atomic E-state index is 0.373. The Morgan fingerprint density at radius 1 is 1.47 bits per heavy atom. The number of aromatic nitrogens is 2. The number of rotatable bonds is 6. The number of hydrogen-bond acceptors (Lipinski definition) is 5. The van der Waals surface area contributed by atoms with Crippen molar-refractivity contribution in [1.29, 1.82) is 0 Å². The number of nitrogens with zero attached hydrogens (tertiary/aromatic N) is 3. The number of nitrogens with one attached hydrogen (secondary N) is 1. The fraction of sp³-hybridized carbons (Fsp3) is 0.667. The van der Waals surface area contributed by atoms with E-state index < -0.39 is 0 Å². The molecule has 0 radical (unpaired) electrons. The van der Waals surface area contributed by atoms with Gasteiger partial charge < -0.3 is 15.3 Å². The van der Waals surface area contributed by atoms with Crippen molar-refractivity contribution in [2.24, 2.45) is 0 Å². The fourth-order valence-corrected chi connectivity index (χ4v) is 1.91. The summed E-state index contributed by atoms with van der Waals surface area (Å²) < 4.78 is 0. The van der Waals surface area contributed by atoms with Crippen molar-refractivity contribution in [3.63, 3.8) is 0 Å². The summed E-state index contributed by atoms with van der Waals surface area (Å²) in [6.07, 6.45) is 3.15. The van der Waals surface area contributed by atoms with Crippen LogP contribution in [0.4, 0.5) is 11.6 Å². The van der Waals surface area contributed by atoms with Gasteiger partial charge in [0.1, 0.15) is 18.0 Å². The molecule has 5 heteroatoms. The Morgan fingerprint density at radius 3 is 2.71 bits per heavy atom. The van der Waals surface area contributed by atoms with Crippen LogP contribution in [0.5, 0.6) is 0 Å². The van der Waals surface area contributed by atoms with Gasteiger partial charge in [-0.3, -0.25) is 0 Å². The Kier molecular flexibility index (Phi) is 5.15. The van der Waals surface area contributed by atoms with Crippen LogP contribution < -0.4 is 10.2 Å². The van der Waals surface area contributed by atoms with Crippen molar-refractivity contribution in [2.75, 3.05) is 30.9 Å². The normalized spacial score (nSPS) is 12.3. The van der Waals surface area contributed by atoms with Gasteiger partial charge in [0, 0.05) is 26.2 Å². The number of aliphatic hydroxyl groups is 1. The minimum atomic E-state index is -0.373. The van der Waals surface area contributed by atoms with Gasteiger partial charge in [-0.05, 0) is 13.3 Å². The van der Waals surface area contributed by atoms with Crippen molar-refractivity contribution in [3.8, 4) is 0 Å². The first kappa shape index (κ1) is 13.7. The average molecular weight is 238 g/mol. The third kappa shape index (κ3) is 3.56. The molecule has 0 fully saturated rings. The van der Waals surface area contributed by atoms with E-state index in [2.05, 4.69) is 22.2 Å². The molecule has 17 heavy (non-hydrogen) atoms. The zero-order valence-corrected chi connectivity index (χ0v) is 11.1. The molecule has 1 atom stereocenters. The van der Waals surface area contributed by atoms with E-state index in [4.69, 9.17) is 0 Å². The lowest BCUT2D eigenvalue weighted by Gasteiger charge is -2.23. The predicted molar refractivity (Wildman–Crippen MR) is 70.5 cm³/mol. The Balaban J connectivity index is 3.04. The van der Waals surface area contributed by atoms with E-state index in [1.807, 2.05) is 19.0 Å². The lowest BCUT2D eigenvalue weighted by molar-refractivity contribution is 0.201. The van der Waals surface area contributed by atoms with Gasteiger partial charge in [0.2, 0.25) is 0 Å². The van der Waals surface area contributed by atoms with Crippen LogP contribution in [0.2, 0.25) is 0 Å². The van der Waals surface area contributed by atoms with Crippen LogP contribution in [-0.4, -0.2) is 41.8 Å². The van der Waals surface area contributed by atoms with Gasteiger partial charge in [0.15, 0.2) is 0 Å². The van der Waals surface area contributed by atoms with Crippen molar-refractivity contribution in [1.82, 2.24) is 9.97 Å². The van der Waals surface area contributed by atoms with Crippen LogP contribution in [0.1, 0.15) is 25.8 Å². The summed E-state index contributed by atoms with van der Waals surface area (Å²) in [5.74, 6) is 1.77.